The van der Waals surface area contributed by atoms with E-state index in [9.17, 15) is 4.79 Å². The van der Waals surface area contributed by atoms with Gasteiger partial charge in [-0.15, -0.1) is 0 Å². The second kappa shape index (κ2) is 7.86. The first-order chi connectivity index (χ1) is 11.4. The molecule has 0 aliphatic heterocycles. The van der Waals surface area contributed by atoms with Crippen molar-refractivity contribution >= 4 is 5.91 Å². The van der Waals surface area contributed by atoms with Crippen molar-refractivity contribution in [3.05, 3.63) is 59.2 Å². The van der Waals surface area contributed by atoms with Gasteiger partial charge in [-0.05, 0) is 68.7 Å². The Hall–Kier alpha value is -2.49. The van der Waals surface area contributed by atoms with Gasteiger partial charge in [0, 0.05) is 0 Å². The summed E-state index contributed by atoms with van der Waals surface area (Å²) in [4.78, 5) is 12.3. The third kappa shape index (κ3) is 4.51. The van der Waals surface area contributed by atoms with Gasteiger partial charge in [0.25, 0.3) is 5.91 Å². The highest BCUT2D eigenvalue weighted by atomic mass is 16.5. The van der Waals surface area contributed by atoms with Crippen LogP contribution in [0.4, 0.5) is 0 Å². The van der Waals surface area contributed by atoms with E-state index >= 15 is 0 Å². The Morgan fingerprint density at radius 1 is 0.958 bits per heavy atom. The van der Waals surface area contributed by atoms with Crippen molar-refractivity contribution in [2.75, 3.05) is 7.11 Å². The van der Waals surface area contributed by atoms with Crippen LogP contribution in [0.1, 0.15) is 36.6 Å². The van der Waals surface area contributed by atoms with Crippen molar-refractivity contribution < 1.29 is 14.3 Å². The molecular formula is C20H25NO3. The maximum Gasteiger partial charge on any atom is 0.261 e. The van der Waals surface area contributed by atoms with Crippen LogP contribution in [-0.4, -0.2) is 19.1 Å². The molecule has 0 saturated carbocycles. The number of methoxy groups -OCH3 is 1. The lowest BCUT2D eigenvalue weighted by Gasteiger charge is -2.19. The van der Waals surface area contributed by atoms with Gasteiger partial charge in [0.15, 0.2) is 6.10 Å². The number of carbonyl (C=O) groups excluding carboxylic acids is 1. The van der Waals surface area contributed by atoms with Crippen LogP contribution < -0.4 is 14.8 Å². The van der Waals surface area contributed by atoms with Gasteiger partial charge in [0.05, 0.1) is 13.2 Å². The predicted molar refractivity (Wildman–Crippen MR) is 95.6 cm³/mol. The summed E-state index contributed by atoms with van der Waals surface area (Å²) in [6.45, 7) is 7.78. The summed E-state index contributed by atoms with van der Waals surface area (Å²) in [5.41, 5.74) is 3.36. The summed E-state index contributed by atoms with van der Waals surface area (Å²) in [5, 5.41) is 2.97. The van der Waals surface area contributed by atoms with E-state index in [1.807, 2.05) is 63.2 Å². The van der Waals surface area contributed by atoms with E-state index in [0.717, 1.165) is 16.9 Å². The molecule has 4 heteroatoms. The van der Waals surface area contributed by atoms with E-state index in [4.69, 9.17) is 9.47 Å². The second-order valence-electron chi connectivity index (χ2n) is 6.01. The zero-order valence-electron chi connectivity index (χ0n) is 14.9. The van der Waals surface area contributed by atoms with E-state index in [0.29, 0.717) is 5.75 Å². The molecule has 0 radical (unpaired) electrons. The van der Waals surface area contributed by atoms with Crippen LogP contribution in [0.5, 0.6) is 11.5 Å². The largest absolute Gasteiger partial charge is 0.497 e. The second-order valence-corrected chi connectivity index (χ2v) is 6.01. The zero-order chi connectivity index (χ0) is 17.7. The molecule has 0 aliphatic carbocycles. The lowest BCUT2D eigenvalue weighted by Crippen LogP contribution is -2.37. The minimum atomic E-state index is -0.562. The van der Waals surface area contributed by atoms with Crippen molar-refractivity contribution in [1.29, 1.82) is 0 Å². The molecule has 2 aromatic carbocycles. The number of hydrogen-bond acceptors (Lipinski definition) is 3. The summed E-state index contributed by atoms with van der Waals surface area (Å²) in [7, 11) is 1.63. The molecule has 2 atom stereocenters. The summed E-state index contributed by atoms with van der Waals surface area (Å²) in [6.07, 6.45) is -0.562. The molecule has 2 aromatic rings. The first kappa shape index (κ1) is 17.9. The first-order valence-corrected chi connectivity index (χ1v) is 8.09. The molecule has 0 spiro atoms. The van der Waals surface area contributed by atoms with Crippen LogP contribution >= 0.6 is 0 Å². The summed E-state index contributed by atoms with van der Waals surface area (Å²) in [5.74, 6) is 1.36. The molecule has 0 saturated heterocycles. The standard InChI is InChI=1S/C20H25NO3/c1-13-6-9-19(12-14(13)2)24-16(4)20(22)21-15(3)17-7-10-18(23-5)11-8-17/h6-12,15-16H,1-5H3,(H,21,22)/t15-,16+/m0/s1. The molecule has 0 heterocycles. The Kier molecular flexibility index (Phi) is 5.85. The zero-order valence-corrected chi connectivity index (χ0v) is 14.9. The molecule has 1 N–H and O–H groups in total. The highest BCUT2D eigenvalue weighted by molar-refractivity contribution is 5.81. The quantitative estimate of drug-likeness (QED) is 0.874. The fourth-order valence-electron chi connectivity index (χ4n) is 2.35. The van der Waals surface area contributed by atoms with Gasteiger partial charge in [0.1, 0.15) is 11.5 Å². The van der Waals surface area contributed by atoms with Crippen LogP contribution in [-0.2, 0) is 4.79 Å². The van der Waals surface area contributed by atoms with Gasteiger partial charge < -0.3 is 14.8 Å². The maximum absolute atomic E-state index is 12.3. The minimum Gasteiger partial charge on any atom is -0.497 e. The van der Waals surface area contributed by atoms with E-state index in [1.165, 1.54) is 5.56 Å². The molecule has 24 heavy (non-hydrogen) atoms. The van der Waals surface area contributed by atoms with Crippen LogP contribution in [0.2, 0.25) is 0 Å². The fourth-order valence-corrected chi connectivity index (χ4v) is 2.35. The normalized spacial score (nSPS) is 13.0. The van der Waals surface area contributed by atoms with Gasteiger partial charge in [-0.25, -0.2) is 0 Å². The van der Waals surface area contributed by atoms with E-state index < -0.39 is 6.10 Å². The monoisotopic (exact) mass is 327 g/mol. The highest BCUT2D eigenvalue weighted by Gasteiger charge is 2.18. The number of ether oxygens (including phenoxy) is 2. The average Bonchev–Trinajstić information content (AvgIpc) is 2.58. The molecule has 2 rings (SSSR count). The summed E-state index contributed by atoms with van der Waals surface area (Å²) in [6, 6.07) is 13.4. The van der Waals surface area contributed by atoms with Crippen LogP contribution in [0, 0.1) is 13.8 Å². The predicted octanol–water partition coefficient (Wildman–Crippen LogP) is 3.96. The van der Waals surface area contributed by atoms with E-state index in [1.54, 1.807) is 14.0 Å². The molecule has 128 valence electrons. The van der Waals surface area contributed by atoms with Crippen LogP contribution in [0.25, 0.3) is 0 Å². The van der Waals surface area contributed by atoms with Crippen molar-refractivity contribution in [1.82, 2.24) is 5.32 Å². The molecular weight excluding hydrogens is 302 g/mol. The van der Waals surface area contributed by atoms with Gasteiger partial charge in [0.2, 0.25) is 0 Å². The number of carbonyl (C=O) groups is 1. The lowest BCUT2D eigenvalue weighted by molar-refractivity contribution is -0.127. The highest BCUT2D eigenvalue weighted by Crippen LogP contribution is 2.19. The Morgan fingerprint density at radius 2 is 1.58 bits per heavy atom. The molecule has 0 aliphatic rings. The summed E-state index contributed by atoms with van der Waals surface area (Å²) >= 11 is 0. The number of benzene rings is 2. The Morgan fingerprint density at radius 3 is 2.17 bits per heavy atom. The van der Waals surface area contributed by atoms with Gasteiger partial charge in [-0.1, -0.05) is 18.2 Å². The minimum absolute atomic E-state index is 0.103. The fraction of sp³-hybridized carbons (Fsp3) is 0.350. The lowest BCUT2D eigenvalue weighted by atomic mass is 10.1. The molecule has 0 aromatic heterocycles. The van der Waals surface area contributed by atoms with Crippen molar-refractivity contribution in [3.8, 4) is 11.5 Å². The molecule has 0 bridgehead atoms. The Bertz CT molecular complexity index is 695. The number of aryl methyl sites for hydroxylation is 2. The van der Waals surface area contributed by atoms with Gasteiger partial charge >= 0.3 is 0 Å². The number of amides is 1. The van der Waals surface area contributed by atoms with Crippen molar-refractivity contribution in [2.24, 2.45) is 0 Å². The van der Waals surface area contributed by atoms with E-state index in [2.05, 4.69) is 5.32 Å². The summed E-state index contributed by atoms with van der Waals surface area (Å²) < 4.78 is 10.9. The number of nitrogens with one attached hydrogen (secondary N) is 1. The molecule has 0 fully saturated rings. The molecule has 0 unspecified atom stereocenters. The van der Waals surface area contributed by atoms with Crippen LogP contribution in [0.15, 0.2) is 42.5 Å². The van der Waals surface area contributed by atoms with Crippen molar-refractivity contribution in [2.45, 2.75) is 39.8 Å². The topological polar surface area (TPSA) is 47.6 Å². The third-order valence-corrected chi connectivity index (χ3v) is 4.14. The number of rotatable bonds is 6. The van der Waals surface area contributed by atoms with Gasteiger partial charge in [-0.2, -0.15) is 0 Å². The Balaban J connectivity index is 1.95. The number of hydrogen-bond donors (Lipinski definition) is 1. The first-order valence-electron chi connectivity index (χ1n) is 8.09. The average molecular weight is 327 g/mol. The Labute approximate surface area is 143 Å². The molecule has 1 amide bonds. The maximum atomic E-state index is 12.3. The molecule has 4 nitrogen and oxygen atoms in total. The third-order valence-electron chi connectivity index (χ3n) is 4.14. The van der Waals surface area contributed by atoms with Crippen LogP contribution in [0.3, 0.4) is 0 Å². The van der Waals surface area contributed by atoms with E-state index in [-0.39, 0.29) is 11.9 Å². The van der Waals surface area contributed by atoms with Gasteiger partial charge in [-0.3, -0.25) is 4.79 Å². The van der Waals surface area contributed by atoms with Crippen molar-refractivity contribution in [3.63, 3.8) is 0 Å². The SMILES string of the molecule is COc1ccc([C@H](C)NC(=O)[C@@H](C)Oc2ccc(C)c(C)c2)cc1. The smallest absolute Gasteiger partial charge is 0.261 e.